The van der Waals surface area contributed by atoms with Crippen molar-refractivity contribution >= 4 is 6.29 Å². The maximum absolute atomic E-state index is 11.6. The van der Waals surface area contributed by atoms with Gasteiger partial charge in [0.2, 0.25) is 0 Å². The van der Waals surface area contributed by atoms with Gasteiger partial charge in [-0.15, -0.1) is 0 Å². The van der Waals surface area contributed by atoms with E-state index in [4.69, 9.17) is 0 Å². The van der Waals surface area contributed by atoms with Gasteiger partial charge in [0.05, 0.1) is 0 Å². The van der Waals surface area contributed by atoms with Gasteiger partial charge in [0.15, 0.2) is 12.1 Å². The van der Waals surface area contributed by atoms with Crippen LogP contribution in [0.15, 0.2) is 11.9 Å². The quantitative estimate of drug-likeness (QED) is 0.381. The zero-order chi connectivity index (χ0) is 5.70. The van der Waals surface area contributed by atoms with E-state index in [0.717, 1.165) is 0 Å². The fourth-order valence-electron chi connectivity index (χ4n) is 0.243. The van der Waals surface area contributed by atoms with E-state index >= 15 is 0 Å². The van der Waals surface area contributed by atoms with E-state index in [2.05, 4.69) is 0 Å². The van der Waals surface area contributed by atoms with Gasteiger partial charge in [0, 0.05) is 0 Å². The summed E-state index contributed by atoms with van der Waals surface area (Å²) in [5, 5.41) is 0. The first-order valence-electron chi connectivity index (χ1n) is 2.12. The third kappa shape index (κ3) is 3.16. The molecule has 40 valence electrons. The summed E-state index contributed by atoms with van der Waals surface area (Å²) in [6.45, 7) is 1.77. The molecule has 0 unspecified atom stereocenters. The van der Waals surface area contributed by atoms with Gasteiger partial charge in [-0.2, -0.15) is 0 Å². The van der Waals surface area contributed by atoms with Crippen molar-refractivity contribution in [3.05, 3.63) is 11.9 Å². The number of rotatable bonds is 2. The van der Waals surface area contributed by atoms with Crippen molar-refractivity contribution in [2.75, 3.05) is 0 Å². The van der Waals surface area contributed by atoms with Gasteiger partial charge in [-0.05, 0) is 12.5 Å². The molecule has 7 heavy (non-hydrogen) atoms. The van der Waals surface area contributed by atoms with Crippen molar-refractivity contribution in [2.45, 2.75) is 13.3 Å². The maximum atomic E-state index is 11.6. The van der Waals surface area contributed by atoms with Crippen LogP contribution in [0.3, 0.4) is 0 Å². The summed E-state index contributed by atoms with van der Waals surface area (Å²) >= 11 is 0. The molecule has 0 radical (unpaired) electrons. The van der Waals surface area contributed by atoms with Gasteiger partial charge >= 0.3 is 0 Å². The van der Waals surface area contributed by atoms with Crippen molar-refractivity contribution in [2.24, 2.45) is 0 Å². The molecule has 0 rings (SSSR count). The van der Waals surface area contributed by atoms with Gasteiger partial charge in [-0.3, -0.25) is 4.79 Å². The van der Waals surface area contributed by atoms with Crippen LogP contribution >= 0.6 is 0 Å². The molecule has 0 aliphatic carbocycles. The third-order valence-corrected chi connectivity index (χ3v) is 0.512. The Morgan fingerprint density at radius 3 is 2.57 bits per heavy atom. The van der Waals surface area contributed by atoms with Crippen LogP contribution in [0.5, 0.6) is 0 Å². The summed E-state index contributed by atoms with van der Waals surface area (Å²) in [6.07, 6.45) is 2.00. The fourth-order valence-corrected chi connectivity index (χ4v) is 0.243. The smallest absolute Gasteiger partial charge is 0.178 e. The van der Waals surface area contributed by atoms with Crippen LogP contribution in [0.25, 0.3) is 0 Å². The summed E-state index contributed by atoms with van der Waals surface area (Å²) in [4.78, 5) is 9.45. The Balaban J connectivity index is 3.49. The molecule has 0 aliphatic heterocycles. The summed E-state index contributed by atoms with van der Waals surface area (Å²) in [5.74, 6) is -0.678. The molecule has 0 fully saturated rings. The molecule has 0 aromatic carbocycles. The molecular weight excluding hydrogens is 95.1 g/mol. The molecule has 0 saturated carbocycles. The summed E-state index contributed by atoms with van der Waals surface area (Å²) in [7, 11) is 0. The lowest BCUT2D eigenvalue weighted by Crippen LogP contribution is -1.69. The highest BCUT2D eigenvalue weighted by molar-refractivity contribution is 5.69. The third-order valence-electron chi connectivity index (χ3n) is 0.512. The van der Waals surface area contributed by atoms with Crippen molar-refractivity contribution in [1.82, 2.24) is 0 Å². The minimum absolute atomic E-state index is 0.198. The highest BCUT2D eigenvalue weighted by Crippen LogP contribution is 1.90. The van der Waals surface area contributed by atoms with Crippen molar-refractivity contribution in [3.8, 4) is 0 Å². The van der Waals surface area contributed by atoms with Gasteiger partial charge in [0.1, 0.15) is 0 Å². The second-order valence-corrected chi connectivity index (χ2v) is 1.12. The molecule has 0 aromatic rings. The van der Waals surface area contributed by atoms with Crippen LogP contribution in [0.1, 0.15) is 13.3 Å². The highest BCUT2D eigenvalue weighted by Gasteiger charge is 1.82. The molecule has 0 aromatic heterocycles. The zero-order valence-corrected chi connectivity index (χ0v) is 4.15. The normalized spacial score (nSPS) is 11.4. The number of hydrogen-bond acceptors (Lipinski definition) is 1. The molecular formula is C5H7FO. The number of aldehydes is 1. The number of carbonyl (C=O) groups is 1. The Morgan fingerprint density at radius 2 is 2.43 bits per heavy atom. The first-order valence-corrected chi connectivity index (χ1v) is 2.12. The van der Waals surface area contributed by atoms with E-state index in [9.17, 15) is 9.18 Å². The summed E-state index contributed by atoms with van der Waals surface area (Å²) in [6, 6.07) is 0. The molecule has 0 spiro atoms. The van der Waals surface area contributed by atoms with Gasteiger partial charge in [0.25, 0.3) is 0 Å². The Morgan fingerprint density at radius 1 is 1.86 bits per heavy atom. The lowest BCUT2D eigenvalue weighted by Gasteiger charge is -1.74. The average Bonchev–Trinajstić information content (AvgIpc) is 1.68. The van der Waals surface area contributed by atoms with Gasteiger partial charge in [-0.1, -0.05) is 6.92 Å². The number of carbonyl (C=O) groups excluding carboxylic acids is 1. The van der Waals surface area contributed by atoms with E-state index in [1.54, 1.807) is 6.92 Å². The Labute approximate surface area is 41.8 Å². The molecule has 0 aliphatic rings. The Hall–Kier alpha value is -0.660. The molecule has 0 saturated heterocycles. The van der Waals surface area contributed by atoms with E-state index in [-0.39, 0.29) is 6.29 Å². The first kappa shape index (κ1) is 6.34. The molecule has 0 atom stereocenters. The number of allylic oxidation sites excluding steroid dienone is 2. The van der Waals surface area contributed by atoms with Crippen LogP contribution in [0.2, 0.25) is 0 Å². The molecule has 0 N–H and O–H groups in total. The monoisotopic (exact) mass is 102 g/mol. The summed E-state index contributed by atoms with van der Waals surface area (Å²) < 4.78 is 11.6. The Bertz CT molecular complexity index is 86.1. The van der Waals surface area contributed by atoms with E-state index < -0.39 is 5.83 Å². The molecule has 1 nitrogen and oxygen atoms in total. The zero-order valence-electron chi connectivity index (χ0n) is 4.15. The van der Waals surface area contributed by atoms with E-state index in [1.165, 1.54) is 6.08 Å². The fraction of sp³-hybridized carbons (Fsp3) is 0.400. The Kier molecular flexibility index (Phi) is 3.19. The van der Waals surface area contributed by atoms with Crippen LogP contribution in [0.4, 0.5) is 4.39 Å². The van der Waals surface area contributed by atoms with Gasteiger partial charge in [-0.25, -0.2) is 4.39 Å². The predicted octanol–water partition coefficient (Wildman–Crippen LogP) is 1.45. The molecule has 0 amide bonds. The SMILES string of the molecule is CCC=C(F)C=O. The minimum atomic E-state index is -0.678. The predicted molar refractivity (Wildman–Crippen MR) is 25.5 cm³/mol. The lowest BCUT2D eigenvalue weighted by molar-refractivity contribution is -0.106. The van der Waals surface area contributed by atoms with E-state index in [0.29, 0.717) is 6.42 Å². The summed E-state index contributed by atoms with van der Waals surface area (Å²) in [5.41, 5.74) is 0. The molecule has 0 bridgehead atoms. The van der Waals surface area contributed by atoms with Crippen LogP contribution < -0.4 is 0 Å². The molecule has 2 heteroatoms. The van der Waals surface area contributed by atoms with Crippen molar-refractivity contribution in [3.63, 3.8) is 0 Å². The number of hydrogen-bond donors (Lipinski definition) is 0. The largest absolute Gasteiger partial charge is 0.295 e. The standard InChI is InChI=1S/C5H7FO/c1-2-3-5(6)4-7/h3-4H,2H2,1H3. The second kappa shape index (κ2) is 3.53. The van der Waals surface area contributed by atoms with Crippen LogP contribution in [-0.4, -0.2) is 6.29 Å². The van der Waals surface area contributed by atoms with Crippen LogP contribution in [0, 0.1) is 0 Å². The first-order chi connectivity index (χ1) is 3.31. The highest BCUT2D eigenvalue weighted by atomic mass is 19.1. The van der Waals surface area contributed by atoms with Gasteiger partial charge < -0.3 is 0 Å². The topological polar surface area (TPSA) is 17.1 Å². The minimum Gasteiger partial charge on any atom is -0.295 e. The maximum Gasteiger partial charge on any atom is 0.178 e. The van der Waals surface area contributed by atoms with Crippen LogP contribution in [-0.2, 0) is 4.79 Å². The van der Waals surface area contributed by atoms with Crippen molar-refractivity contribution in [1.29, 1.82) is 0 Å². The van der Waals surface area contributed by atoms with Crippen molar-refractivity contribution < 1.29 is 9.18 Å². The van der Waals surface area contributed by atoms with E-state index in [1.807, 2.05) is 0 Å². The molecule has 0 heterocycles. The average molecular weight is 102 g/mol. The second-order valence-electron chi connectivity index (χ2n) is 1.12. The lowest BCUT2D eigenvalue weighted by atomic mass is 10.4. The number of halogens is 1.